The van der Waals surface area contributed by atoms with Crippen LogP contribution < -0.4 is 11.1 Å². The van der Waals surface area contributed by atoms with Crippen molar-refractivity contribution in [2.24, 2.45) is 17.6 Å². The zero-order valence-corrected chi connectivity index (χ0v) is 12.0. The summed E-state index contributed by atoms with van der Waals surface area (Å²) in [5.74, 6) is -1.61. The molecule has 1 heterocycles. The smallest absolute Gasteiger partial charge is 0.351 e. The lowest BCUT2D eigenvalue weighted by Crippen LogP contribution is -2.52. The van der Waals surface area contributed by atoms with E-state index in [1.54, 1.807) is 7.05 Å². The first-order valence-corrected chi connectivity index (χ1v) is 7.04. The van der Waals surface area contributed by atoms with Crippen molar-refractivity contribution in [3.8, 4) is 0 Å². The Hall–Kier alpha value is -0.980. The molecule has 118 valence electrons. The van der Waals surface area contributed by atoms with Gasteiger partial charge in [-0.2, -0.15) is 13.2 Å². The Morgan fingerprint density at radius 1 is 1.45 bits per heavy atom. The maximum atomic E-state index is 12.7. The van der Waals surface area contributed by atoms with Crippen molar-refractivity contribution in [3.63, 3.8) is 0 Å². The molecule has 4 nitrogen and oxygen atoms in total. The Morgan fingerprint density at radius 2 is 2.10 bits per heavy atom. The van der Waals surface area contributed by atoms with Gasteiger partial charge in [0, 0.05) is 12.6 Å². The number of hydrogen-bond donors (Lipinski definition) is 2. The molecule has 0 radical (unpaired) electrons. The molecule has 20 heavy (non-hydrogen) atoms. The number of amides is 2. The zero-order chi connectivity index (χ0) is 15.3. The fraction of sp³-hybridized carbons (Fsp3) is 0.923. The first kappa shape index (κ1) is 17.1. The van der Waals surface area contributed by atoms with Crippen LogP contribution in [0.15, 0.2) is 0 Å². The molecule has 1 aliphatic rings. The molecule has 0 aromatic heterocycles. The second kappa shape index (κ2) is 7.15. The monoisotopic (exact) mass is 295 g/mol. The number of rotatable bonds is 5. The zero-order valence-electron chi connectivity index (χ0n) is 12.0. The van der Waals surface area contributed by atoms with Crippen molar-refractivity contribution < 1.29 is 18.0 Å². The summed E-state index contributed by atoms with van der Waals surface area (Å²) in [6, 6.07) is -0.728. The molecule has 0 aromatic rings. The molecular formula is C13H24F3N3O. The highest BCUT2D eigenvalue weighted by atomic mass is 19.4. The summed E-state index contributed by atoms with van der Waals surface area (Å²) >= 11 is 0. The van der Waals surface area contributed by atoms with E-state index in [0.29, 0.717) is 13.1 Å². The highest BCUT2D eigenvalue weighted by Crippen LogP contribution is 2.34. The van der Waals surface area contributed by atoms with E-state index in [9.17, 15) is 18.0 Å². The third-order valence-electron chi connectivity index (χ3n) is 4.06. The molecule has 7 heteroatoms. The number of urea groups is 1. The summed E-state index contributed by atoms with van der Waals surface area (Å²) in [5, 5.41) is 2.94. The molecule has 1 aliphatic heterocycles. The van der Waals surface area contributed by atoms with E-state index in [4.69, 9.17) is 5.73 Å². The lowest BCUT2D eigenvalue weighted by Gasteiger charge is -2.40. The van der Waals surface area contributed by atoms with Crippen molar-refractivity contribution in [1.82, 2.24) is 10.2 Å². The summed E-state index contributed by atoms with van der Waals surface area (Å²) < 4.78 is 38.2. The Labute approximate surface area is 117 Å². The molecule has 1 saturated heterocycles. The number of likely N-dealkylation sites (tertiary alicyclic amines) is 1. The van der Waals surface area contributed by atoms with E-state index in [0.717, 1.165) is 19.3 Å². The number of halogens is 3. The summed E-state index contributed by atoms with van der Waals surface area (Å²) in [7, 11) is 1.71. The molecule has 0 spiro atoms. The van der Waals surface area contributed by atoms with E-state index in [2.05, 4.69) is 5.32 Å². The van der Waals surface area contributed by atoms with Crippen molar-refractivity contribution >= 4 is 6.03 Å². The molecule has 0 aliphatic carbocycles. The van der Waals surface area contributed by atoms with Crippen molar-refractivity contribution in [2.45, 2.75) is 44.8 Å². The van der Waals surface area contributed by atoms with Crippen molar-refractivity contribution in [2.75, 3.05) is 20.1 Å². The van der Waals surface area contributed by atoms with Gasteiger partial charge >= 0.3 is 12.2 Å². The van der Waals surface area contributed by atoms with Crippen LogP contribution >= 0.6 is 0 Å². The van der Waals surface area contributed by atoms with E-state index in [-0.39, 0.29) is 18.4 Å². The predicted molar refractivity (Wildman–Crippen MR) is 71.2 cm³/mol. The third kappa shape index (κ3) is 4.54. The summed E-state index contributed by atoms with van der Waals surface area (Å²) in [5.41, 5.74) is 5.35. The number of nitrogens with one attached hydrogen (secondary N) is 1. The van der Waals surface area contributed by atoms with Gasteiger partial charge in [0.2, 0.25) is 0 Å². The number of hydrogen-bond acceptors (Lipinski definition) is 2. The summed E-state index contributed by atoms with van der Waals surface area (Å²) in [6.07, 6.45) is -1.67. The molecule has 0 aromatic carbocycles. The first-order valence-electron chi connectivity index (χ1n) is 7.04. The lowest BCUT2D eigenvalue weighted by atomic mass is 9.84. The number of primary amides is 1. The van der Waals surface area contributed by atoms with Gasteiger partial charge in [-0.1, -0.05) is 6.92 Å². The lowest BCUT2D eigenvalue weighted by molar-refractivity contribution is -0.175. The quantitative estimate of drug-likeness (QED) is 0.818. The molecule has 1 fully saturated rings. The fourth-order valence-corrected chi connectivity index (χ4v) is 2.95. The Morgan fingerprint density at radius 3 is 2.60 bits per heavy atom. The van der Waals surface area contributed by atoms with Crippen LogP contribution in [0, 0.1) is 11.8 Å². The molecule has 2 unspecified atom stereocenters. The Bertz CT molecular complexity index is 322. The summed E-state index contributed by atoms with van der Waals surface area (Å²) in [6.45, 7) is 2.19. The predicted octanol–water partition coefficient (Wildman–Crippen LogP) is 2.34. The van der Waals surface area contributed by atoms with E-state index < -0.39 is 18.1 Å². The van der Waals surface area contributed by atoms with Gasteiger partial charge in [0.05, 0.1) is 5.92 Å². The van der Waals surface area contributed by atoms with Crippen LogP contribution in [-0.2, 0) is 0 Å². The number of alkyl halides is 3. The highest BCUT2D eigenvalue weighted by Gasteiger charge is 2.40. The van der Waals surface area contributed by atoms with Crippen LogP contribution in [0.25, 0.3) is 0 Å². The van der Waals surface area contributed by atoms with Crippen molar-refractivity contribution in [1.29, 1.82) is 0 Å². The van der Waals surface area contributed by atoms with Gasteiger partial charge in [-0.05, 0) is 45.2 Å². The number of carbonyl (C=O) groups is 1. The Kier molecular flexibility index (Phi) is 6.10. The maximum absolute atomic E-state index is 12.7. The topological polar surface area (TPSA) is 58.4 Å². The van der Waals surface area contributed by atoms with Gasteiger partial charge in [-0.3, -0.25) is 0 Å². The van der Waals surface area contributed by atoms with Crippen LogP contribution in [-0.4, -0.2) is 43.3 Å². The Balaban J connectivity index is 2.79. The number of carbonyl (C=O) groups excluding carboxylic acids is 1. The molecule has 2 amide bonds. The average Bonchev–Trinajstić information content (AvgIpc) is 2.37. The van der Waals surface area contributed by atoms with E-state index in [1.807, 2.05) is 0 Å². The van der Waals surface area contributed by atoms with Gasteiger partial charge in [0.25, 0.3) is 0 Å². The molecule has 3 N–H and O–H groups in total. The highest BCUT2D eigenvalue weighted by molar-refractivity contribution is 5.72. The van der Waals surface area contributed by atoms with Crippen molar-refractivity contribution in [3.05, 3.63) is 0 Å². The minimum atomic E-state index is -4.20. The first-order chi connectivity index (χ1) is 9.27. The third-order valence-corrected chi connectivity index (χ3v) is 4.06. The maximum Gasteiger partial charge on any atom is 0.391 e. The fourth-order valence-electron chi connectivity index (χ4n) is 2.95. The number of nitrogens with zero attached hydrogens (tertiary/aromatic N) is 1. The van der Waals surface area contributed by atoms with Crippen LogP contribution in [0.3, 0.4) is 0 Å². The molecule has 0 saturated carbocycles. The molecule has 0 bridgehead atoms. The summed E-state index contributed by atoms with van der Waals surface area (Å²) in [4.78, 5) is 13.0. The van der Waals surface area contributed by atoms with Gasteiger partial charge in [-0.25, -0.2) is 4.79 Å². The van der Waals surface area contributed by atoms with Crippen LogP contribution in [0.1, 0.15) is 32.6 Å². The van der Waals surface area contributed by atoms with Gasteiger partial charge in [0.15, 0.2) is 0 Å². The average molecular weight is 295 g/mol. The second-order valence-corrected chi connectivity index (χ2v) is 5.59. The van der Waals surface area contributed by atoms with Gasteiger partial charge in [-0.15, -0.1) is 0 Å². The number of piperidine rings is 1. The minimum absolute atomic E-state index is 0.0127. The van der Waals surface area contributed by atoms with E-state index >= 15 is 0 Å². The van der Waals surface area contributed by atoms with Crippen LogP contribution in [0.5, 0.6) is 0 Å². The normalized spacial score (nSPS) is 23.4. The molecule has 3 atom stereocenters. The second-order valence-electron chi connectivity index (χ2n) is 5.59. The molecule has 1 rings (SSSR count). The van der Waals surface area contributed by atoms with Gasteiger partial charge in [0.1, 0.15) is 0 Å². The number of nitrogens with two attached hydrogens (primary N) is 1. The largest absolute Gasteiger partial charge is 0.391 e. The minimum Gasteiger partial charge on any atom is -0.351 e. The molecular weight excluding hydrogens is 271 g/mol. The van der Waals surface area contributed by atoms with E-state index in [1.165, 1.54) is 11.8 Å². The standard InChI is InChI=1S/C13H24F3N3O/c1-9(13(14,15)16)7-10(8-18-2)11-5-3-4-6-19(11)12(17)20/h9-11,18H,3-8H2,1-2H3,(H2,17,20)/t9?,10-,11?/m0/s1. The van der Waals surface area contributed by atoms with Gasteiger partial charge < -0.3 is 16.0 Å². The van der Waals surface area contributed by atoms with Crippen LogP contribution in [0.4, 0.5) is 18.0 Å². The van der Waals surface area contributed by atoms with Crippen LogP contribution in [0.2, 0.25) is 0 Å². The SMILES string of the molecule is CNC[C@H](CC(C)C(F)(F)F)C1CCCCN1C(N)=O.